The van der Waals surface area contributed by atoms with Gasteiger partial charge >= 0.3 is 0 Å². The lowest BCUT2D eigenvalue weighted by Crippen LogP contribution is -2.39. The van der Waals surface area contributed by atoms with E-state index in [1.165, 1.54) is 0 Å². The summed E-state index contributed by atoms with van der Waals surface area (Å²) >= 11 is 1.14. The quantitative estimate of drug-likeness (QED) is 0.774. The standard InChI is InChI=1S/C10H11N3OS/c1-10(7-5-3-2-4-6-7)8(9(11)14)15-13-12-10/h2-6,8H,1H3,(H2,11,14). The van der Waals surface area contributed by atoms with Crippen LogP contribution < -0.4 is 5.73 Å². The molecule has 0 aromatic heterocycles. The fourth-order valence-corrected chi connectivity index (χ4v) is 2.43. The number of hydrogen-bond donors (Lipinski definition) is 1. The highest BCUT2D eigenvalue weighted by molar-refractivity contribution is 7.99. The van der Waals surface area contributed by atoms with E-state index in [0.29, 0.717) is 0 Å². The van der Waals surface area contributed by atoms with Crippen LogP contribution in [0.1, 0.15) is 12.5 Å². The lowest BCUT2D eigenvalue weighted by Gasteiger charge is -2.24. The van der Waals surface area contributed by atoms with Crippen molar-refractivity contribution in [2.75, 3.05) is 0 Å². The van der Waals surface area contributed by atoms with E-state index in [9.17, 15) is 4.79 Å². The van der Waals surface area contributed by atoms with Crippen molar-refractivity contribution < 1.29 is 4.79 Å². The summed E-state index contributed by atoms with van der Waals surface area (Å²) < 4.78 is 3.86. The summed E-state index contributed by atoms with van der Waals surface area (Å²) in [4.78, 5) is 11.3. The molecule has 1 aromatic carbocycles. The van der Waals surface area contributed by atoms with Crippen LogP contribution >= 0.6 is 11.9 Å². The summed E-state index contributed by atoms with van der Waals surface area (Å²) in [5, 5.41) is 3.71. The highest BCUT2D eigenvalue weighted by atomic mass is 32.2. The van der Waals surface area contributed by atoms with E-state index in [2.05, 4.69) is 9.63 Å². The maximum absolute atomic E-state index is 11.3. The number of hydrogen-bond acceptors (Lipinski definition) is 4. The Bertz CT molecular complexity index is 406. The first-order valence-corrected chi connectivity index (χ1v) is 5.41. The Morgan fingerprint density at radius 3 is 2.73 bits per heavy atom. The van der Waals surface area contributed by atoms with Crippen LogP contribution in [0.4, 0.5) is 0 Å². The van der Waals surface area contributed by atoms with Crippen LogP contribution in [0.25, 0.3) is 0 Å². The molecule has 0 bridgehead atoms. The van der Waals surface area contributed by atoms with Crippen LogP contribution in [0.15, 0.2) is 40.0 Å². The number of rotatable bonds is 2. The molecule has 0 aliphatic carbocycles. The van der Waals surface area contributed by atoms with E-state index < -0.39 is 10.8 Å². The molecule has 78 valence electrons. The number of primary amides is 1. The van der Waals surface area contributed by atoms with Crippen LogP contribution in [0.3, 0.4) is 0 Å². The Morgan fingerprint density at radius 1 is 1.47 bits per heavy atom. The van der Waals surface area contributed by atoms with Gasteiger partial charge in [-0.3, -0.25) is 4.79 Å². The zero-order chi connectivity index (χ0) is 10.9. The third kappa shape index (κ3) is 1.63. The van der Waals surface area contributed by atoms with E-state index >= 15 is 0 Å². The normalized spacial score (nSPS) is 29.3. The zero-order valence-corrected chi connectivity index (χ0v) is 9.07. The molecular formula is C10H11N3OS. The molecule has 1 aliphatic heterocycles. The van der Waals surface area contributed by atoms with Gasteiger partial charge in [0, 0.05) is 11.9 Å². The molecular weight excluding hydrogens is 210 g/mol. The van der Waals surface area contributed by atoms with Gasteiger partial charge in [-0.25, -0.2) is 0 Å². The maximum atomic E-state index is 11.3. The van der Waals surface area contributed by atoms with E-state index in [1.807, 2.05) is 37.3 Å². The molecule has 0 saturated carbocycles. The molecule has 2 N–H and O–H groups in total. The largest absolute Gasteiger partial charge is 0.369 e. The number of carbonyl (C=O) groups excluding carboxylic acids is 1. The Hall–Kier alpha value is -1.36. The lowest BCUT2D eigenvalue weighted by atomic mass is 9.89. The smallest absolute Gasteiger partial charge is 0.235 e. The maximum Gasteiger partial charge on any atom is 0.235 e. The SMILES string of the molecule is CC1(c2ccccc2)N=NSC1C(N)=O. The average Bonchev–Trinajstić information content (AvgIpc) is 2.63. The Balaban J connectivity index is 2.41. The molecule has 1 heterocycles. The molecule has 4 nitrogen and oxygen atoms in total. The van der Waals surface area contributed by atoms with Gasteiger partial charge in [0.1, 0.15) is 10.8 Å². The number of carbonyl (C=O) groups is 1. The van der Waals surface area contributed by atoms with Gasteiger partial charge in [-0.15, -0.1) is 4.52 Å². The van der Waals surface area contributed by atoms with E-state index in [0.717, 1.165) is 17.5 Å². The third-order valence-corrected chi connectivity index (χ3v) is 3.61. The van der Waals surface area contributed by atoms with Gasteiger partial charge in [-0.2, -0.15) is 5.11 Å². The van der Waals surface area contributed by atoms with Gasteiger partial charge in [0.25, 0.3) is 0 Å². The van der Waals surface area contributed by atoms with E-state index in [1.54, 1.807) is 0 Å². The summed E-state index contributed by atoms with van der Waals surface area (Å²) in [7, 11) is 0. The molecule has 2 unspecified atom stereocenters. The average molecular weight is 221 g/mol. The third-order valence-electron chi connectivity index (χ3n) is 2.53. The van der Waals surface area contributed by atoms with Gasteiger partial charge in [0.2, 0.25) is 5.91 Å². The second kappa shape index (κ2) is 3.66. The molecule has 0 saturated heterocycles. The number of benzene rings is 1. The minimum atomic E-state index is -0.627. The van der Waals surface area contributed by atoms with Gasteiger partial charge in [0.05, 0.1) is 0 Å². The first kappa shape index (κ1) is 10.2. The van der Waals surface area contributed by atoms with Crippen molar-refractivity contribution in [3.63, 3.8) is 0 Å². The molecule has 0 radical (unpaired) electrons. The summed E-state index contributed by atoms with van der Waals surface area (Å²) in [5.41, 5.74) is 5.66. The Labute approximate surface area is 92.1 Å². The highest BCUT2D eigenvalue weighted by Gasteiger charge is 2.44. The second-order valence-corrected chi connectivity index (χ2v) is 4.43. The van der Waals surface area contributed by atoms with Crippen molar-refractivity contribution in [1.82, 2.24) is 0 Å². The second-order valence-electron chi connectivity index (χ2n) is 3.58. The first-order chi connectivity index (χ1) is 7.14. The topological polar surface area (TPSA) is 67.8 Å². The Kier molecular flexibility index (Phi) is 2.48. The molecule has 0 spiro atoms. The molecule has 1 aliphatic rings. The monoisotopic (exact) mass is 221 g/mol. The van der Waals surface area contributed by atoms with Gasteiger partial charge in [-0.1, -0.05) is 30.3 Å². The van der Waals surface area contributed by atoms with Crippen molar-refractivity contribution in [3.8, 4) is 0 Å². The predicted molar refractivity (Wildman–Crippen MR) is 59.2 cm³/mol. The Morgan fingerprint density at radius 2 is 2.13 bits per heavy atom. The zero-order valence-electron chi connectivity index (χ0n) is 8.25. The minimum Gasteiger partial charge on any atom is -0.369 e. The van der Waals surface area contributed by atoms with Crippen molar-refractivity contribution in [2.24, 2.45) is 15.4 Å². The minimum absolute atomic E-state index is 0.378. The molecule has 5 heteroatoms. The van der Waals surface area contributed by atoms with Gasteiger partial charge < -0.3 is 5.73 Å². The fourth-order valence-electron chi connectivity index (χ4n) is 1.62. The molecule has 1 aromatic rings. The summed E-state index contributed by atoms with van der Waals surface area (Å²) in [6.45, 7) is 1.88. The first-order valence-electron chi connectivity index (χ1n) is 4.57. The van der Waals surface area contributed by atoms with Gasteiger partial charge in [0.15, 0.2) is 0 Å². The molecule has 2 atom stereocenters. The van der Waals surface area contributed by atoms with Gasteiger partial charge in [-0.05, 0) is 12.5 Å². The molecule has 0 fully saturated rings. The van der Waals surface area contributed by atoms with Crippen LogP contribution in [-0.2, 0) is 10.3 Å². The summed E-state index contributed by atoms with van der Waals surface area (Å²) in [6.07, 6.45) is 0. The van der Waals surface area contributed by atoms with Crippen LogP contribution in [0.5, 0.6) is 0 Å². The van der Waals surface area contributed by atoms with Crippen LogP contribution in [-0.4, -0.2) is 11.2 Å². The summed E-state index contributed by atoms with van der Waals surface area (Å²) in [5.74, 6) is -0.378. The van der Waals surface area contributed by atoms with Crippen LogP contribution in [0.2, 0.25) is 0 Å². The number of nitrogens with two attached hydrogens (primary N) is 1. The van der Waals surface area contributed by atoms with E-state index in [-0.39, 0.29) is 5.91 Å². The molecule has 1 amide bonds. The van der Waals surface area contributed by atoms with Crippen molar-refractivity contribution >= 4 is 17.9 Å². The predicted octanol–water partition coefficient (Wildman–Crippen LogP) is 1.87. The fraction of sp³-hybridized carbons (Fsp3) is 0.300. The van der Waals surface area contributed by atoms with Crippen molar-refractivity contribution in [2.45, 2.75) is 17.7 Å². The van der Waals surface area contributed by atoms with Crippen molar-refractivity contribution in [3.05, 3.63) is 35.9 Å². The van der Waals surface area contributed by atoms with E-state index in [4.69, 9.17) is 5.73 Å². The summed E-state index contributed by atoms with van der Waals surface area (Å²) in [6, 6.07) is 9.61. The molecule has 15 heavy (non-hydrogen) atoms. The molecule has 2 rings (SSSR count). The number of nitrogens with zero attached hydrogens (tertiary/aromatic N) is 2. The number of amides is 1. The highest BCUT2D eigenvalue weighted by Crippen LogP contribution is 2.42. The lowest BCUT2D eigenvalue weighted by molar-refractivity contribution is -0.118. The van der Waals surface area contributed by atoms with Crippen LogP contribution in [0, 0.1) is 0 Å². The van der Waals surface area contributed by atoms with Crippen molar-refractivity contribution in [1.29, 1.82) is 0 Å².